The molecule has 8 rings (SSSR count). The summed E-state index contributed by atoms with van der Waals surface area (Å²) in [5.41, 5.74) is 0. The fourth-order valence-corrected chi connectivity index (χ4v) is 13.6. The molecule has 0 aromatic heterocycles. The van der Waals surface area contributed by atoms with Gasteiger partial charge in [-0.15, -0.1) is 0 Å². The van der Waals surface area contributed by atoms with E-state index in [-0.39, 0.29) is 0 Å². The first kappa shape index (κ1) is 87.4. The Morgan fingerprint density at radius 3 is 1.30 bits per heavy atom. The molecule has 0 radical (unpaired) electrons. The zero-order chi connectivity index (χ0) is 78.6. The molecule has 47 nitrogen and oxygen atoms in total. The second-order valence-corrected chi connectivity index (χ2v) is 26.8. The molecule has 0 aromatic rings. The number of amides is 4. The van der Waals surface area contributed by atoms with E-state index in [0.29, 0.717) is 0 Å². The van der Waals surface area contributed by atoms with Gasteiger partial charge in [-0.2, -0.15) is 0 Å². The molecular formula is C59H98N4O43. The SMILES string of the molecule is CC(=O)N[C@H]1[C@H](OC[C@H]2OC(O)[C@H](NC(C)=O)[C@@H](O[C@@H]3O[C@H](CO)[C@H](O)[C@H](O[C@]4(C(=O)O)C[C@H](O)[C@@H](NC(C)=O)[C@H]([C@H](O)[C@H](O)CO)O4)[C@H]3O)[C@H]2O)O[C@H](CO)[C@@H](O[C@@H]2O[C@H](CO)[C@H](O)[C@H](O[C@@H]3O[C@H](CO)[C@@H](O)[C@H](O[C@@H]4O[C@H](CO)[C@H](O)[C@H](O)[C@H]4O)[C@H]3NC(C)=O)[C@H]2O)[C@@H]1O[C@@H]1O[C@@H](C)[C@@H](O)[C@@H](O)[C@@H]1O. The molecule has 0 aromatic carbocycles. The van der Waals surface area contributed by atoms with Gasteiger partial charge in [0.05, 0.1) is 64.5 Å². The number of nitrogens with one attached hydrogen (secondary N) is 4. The predicted molar refractivity (Wildman–Crippen MR) is 327 cm³/mol. The van der Waals surface area contributed by atoms with Crippen LogP contribution in [0.1, 0.15) is 41.0 Å². The number of hydrogen-bond donors (Lipinski definition) is 27. The van der Waals surface area contributed by atoms with Gasteiger partial charge in [0.2, 0.25) is 23.6 Å². The number of aliphatic carboxylic acids is 1. The highest BCUT2D eigenvalue weighted by Gasteiger charge is 2.63. The first-order valence-corrected chi connectivity index (χ1v) is 33.6. The highest BCUT2D eigenvalue weighted by atomic mass is 16.8. The summed E-state index contributed by atoms with van der Waals surface area (Å²) in [6, 6.07) is -7.41. The van der Waals surface area contributed by atoms with E-state index in [0.717, 1.165) is 27.7 Å². The van der Waals surface area contributed by atoms with Crippen molar-refractivity contribution in [3.63, 3.8) is 0 Å². The first-order valence-electron chi connectivity index (χ1n) is 33.6. The Kier molecular flexibility index (Phi) is 30.9. The number of ether oxygens (including phenoxy) is 15. The molecule has 47 heteroatoms. The van der Waals surface area contributed by atoms with Crippen LogP contribution in [0.5, 0.6) is 0 Å². The van der Waals surface area contributed by atoms with Crippen molar-refractivity contribution in [2.75, 3.05) is 46.2 Å². The largest absolute Gasteiger partial charge is 0.477 e. The average molecular weight is 1550 g/mol. The van der Waals surface area contributed by atoms with E-state index < -0.39 is 333 Å². The van der Waals surface area contributed by atoms with E-state index in [9.17, 15) is 141 Å². The summed E-state index contributed by atoms with van der Waals surface area (Å²) >= 11 is 0. The van der Waals surface area contributed by atoms with Crippen LogP contribution in [-0.2, 0) is 95.0 Å². The van der Waals surface area contributed by atoms with Gasteiger partial charge in [-0.3, -0.25) is 19.2 Å². The van der Waals surface area contributed by atoms with Crippen LogP contribution in [0, 0.1) is 0 Å². The molecule has 8 aliphatic heterocycles. The summed E-state index contributed by atoms with van der Waals surface area (Å²) in [6.45, 7) is -2.78. The third kappa shape index (κ3) is 19.1. The monoisotopic (exact) mass is 1550 g/mol. The molecule has 0 saturated carbocycles. The Labute approximate surface area is 600 Å². The van der Waals surface area contributed by atoms with Crippen molar-refractivity contribution in [2.24, 2.45) is 0 Å². The van der Waals surface area contributed by atoms with Crippen LogP contribution in [-0.4, -0.2) is 444 Å². The fourth-order valence-electron chi connectivity index (χ4n) is 13.6. The third-order valence-corrected chi connectivity index (χ3v) is 19.2. The van der Waals surface area contributed by atoms with E-state index in [1.165, 1.54) is 6.92 Å². The summed E-state index contributed by atoms with van der Waals surface area (Å²) in [5.74, 6) is -9.09. The number of carboxylic acids is 1. The maximum Gasteiger partial charge on any atom is 0.364 e. The molecule has 8 heterocycles. The van der Waals surface area contributed by atoms with Crippen molar-refractivity contribution in [1.82, 2.24) is 21.3 Å². The minimum Gasteiger partial charge on any atom is -0.477 e. The molecule has 1 unspecified atom stereocenters. The Bertz CT molecular complexity index is 2850. The lowest BCUT2D eigenvalue weighted by molar-refractivity contribution is -0.389. The van der Waals surface area contributed by atoms with Crippen molar-refractivity contribution in [2.45, 2.75) is 292 Å². The molecule has 0 aliphatic carbocycles. The number of rotatable bonds is 28. The maximum absolute atomic E-state index is 13.4. The van der Waals surface area contributed by atoms with Crippen LogP contribution >= 0.6 is 0 Å². The van der Waals surface area contributed by atoms with Crippen LogP contribution in [0.15, 0.2) is 0 Å². The van der Waals surface area contributed by atoms with Crippen molar-refractivity contribution in [3.05, 3.63) is 0 Å². The predicted octanol–water partition coefficient (Wildman–Crippen LogP) is -17.6. The Balaban J connectivity index is 1.09. The number of aliphatic hydroxyl groups excluding tert-OH is 22. The molecule has 8 aliphatic rings. The average Bonchev–Trinajstić information content (AvgIpc) is 0.756. The van der Waals surface area contributed by atoms with Crippen molar-refractivity contribution >= 4 is 29.6 Å². The number of carboxylic acid groups (broad SMARTS) is 1. The van der Waals surface area contributed by atoms with Crippen LogP contribution in [0.25, 0.3) is 0 Å². The molecule has 27 N–H and O–H groups in total. The topological polar surface area (TPSA) is 737 Å². The zero-order valence-electron chi connectivity index (χ0n) is 57.2. The summed E-state index contributed by atoms with van der Waals surface area (Å²) in [6.07, 6.45) is -75.9. The van der Waals surface area contributed by atoms with E-state index in [4.69, 9.17) is 71.1 Å². The maximum atomic E-state index is 13.4. The highest BCUT2D eigenvalue weighted by Crippen LogP contribution is 2.41. The Morgan fingerprint density at radius 2 is 0.792 bits per heavy atom. The molecule has 0 spiro atoms. The summed E-state index contributed by atoms with van der Waals surface area (Å²) in [5, 5.41) is 263. The lowest BCUT2D eigenvalue weighted by atomic mass is 9.88. The lowest BCUT2D eigenvalue weighted by Crippen LogP contribution is -2.71. The van der Waals surface area contributed by atoms with Crippen molar-refractivity contribution in [1.29, 1.82) is 0 Å². The molecule has 41 atom stereocenters. The van der Waals surface area contributed by atoms with Gasteiger partial charge in [-0.05, 0) is 6.92 Å². The highest BCUT2D eigenvalue weighted by molar-refractivity contribution is 5.77. The fraction of sp³-hybridized carbons (Fsp3) is 0.915. The lowest BCUT2D eigenvalue weighted by Gasteiger charge is -2.51. The van der Waals surface area contributed by atoms with E-state index in [1.54, 1.807) is 0 Å². The van der Waals surface area contributed by atoms with E-state index >= 15 is 0 Å². The van der Waals surface area contributed by atoms with Gasteiger partial charge in [0, 0.05) is 34.1 Å². The second-order valence-electron chi connectivity index (χ2n) is 26.8. The van der Waals surface area contributed by atoms with Crippen LogP contribution < -0.4 is 21.3 Å². The van der Waals surface area contributed by atoms with E-state index in [1.807, 2.05) is 0 Å². The standard InChI is InChI=1S/C59H98N4O43/c1-14-31(76)38(83)40(85)54(93-14)103-48-30(63-18(5)73)52(99-25(12-69)44(48)100-56-42(87)49(35(80)23(10-67)97-56)104-53-29(62-17(4)72)46(34(79)22(9-66)95-53)102-55-41(86)39(84)33(78)21(8-65)96-55)92-13-26-37(82)45(28(51(89)94-26)61-16(3)71)101-57-43(88)50(36(81)24(11-68)98-57)106-59(58(90)91)6-19(74)27(60-15(2)70)47(105-59)32(77)20(75)7-64/h14,19-57,64-69,74-89H,6-13H2,1-5H3,(H,60,70)(H,61,71)(H,62,72)(H,63,73)(H,90,91)/t14-,19-,20+,21+,22+,23+,24+,25+,26+,27+,28+,29+,30+,31+,32+,33-,34+,35-,36-,37-,38+,39-,40-,41+,42+,43+,44+,45+,46+,47+,48+,49-,50-,51?,52+,53-,54-,55-,56-,57-,59-/m0/s1. The van der Waals surface area contributed by atoms with Crippen molar-refractivity contribution < 1.29 is 212 Å². The van der Waals surface area contributed by atoms with Gasteiger partial charge in [0.1, 0.15) is 183 Å². The normalized spacial score (nSPS) is 47.2. The Hall–Kier alpha value is -4.13. The summed E-state index contributed by atoms with van der Waals surface area (Å²) in [7, 11) is 0. The minimum absolute atomic E-state index is 0.862. The van der Waals surface area contributed by atoms with Gasteiger partial charge in [0.25, 0.3) is 5.79 Å². The number of aliphatic hydroxyl groups is 22. The minimum atomic E-state index is -3.28. The third-order valence-electron chi connectivity index (χ3n) is 19.2. The van der Waals surface area contributed by atoms with Crippen LogP contribution in [0.2, 0.25) is 0 Å². The quantitative estimate of drug-likeness (QED) is 0.0346. The molecule has 0 bridgehead atoms. The van der Waals surface area contributed by atoms with Gasteiger partial charge in [-0.25, -0.2) is 4.79 Å². The molecule has 8 fully saturated rings. The van der Waals surface area contributed by atoms with Crippen molar-refractivity contribution in [3.8, 4) is 0 Å². The second kappa shape index (κ2) is 37.5. The zero-order valence-corrected chi connectivity index (χ0v) is 57.2. The van der Waals surface area contributed by atoms with Gasteiger partial charge in [-0.1, -0.05) is 0 Å². The van der Waals surface area contributed by atoms with Crippen LogP contribution in [0.4, 0.5) is 0 Å². The number of carbonyl (C=O) groups excluding carboxylic acids is 4. The molecular weight excluding hydrogens is 1450 g/mol. The summed E-state index contributed by atoms with van der Waals surface area (Å²) in [4.78, 5) is 64.4. The molecule has 106 heavy (non-hydrogen) atoms. The van der Waals surface area contributed by atoms with Crippen LogP contribution in [0.3, 0.4) is 0 Å². The molecule has 612 valence electrons. The Morgan fingerprint density at radius 1 is 0.406 bits per heavy atom. The van der Waals surface area contributed by atoms with Gasteiger partial charge < -0.3 is 210 Å². The first-order chi connectivity index (χ1) is 49.9. The van der Waals surface area contributed by atoms with Gasteiger partial charge in [0.15, 0.2) is 44.0 Å². The molecule has 8 saturated heterocycles. The summed E-state index contributed by atoms with van der Waals surface area (Å²) < 4.78 is 88.6. The molecule has 4 amide bonds. The van der Waals surface area contributed by atoms with E-state index in [2.05, 4.69) is 21.3 Å². The smallest absolute Gasteiger partial charge is 0.364 e. The number of hydrogen-bond acceptors (Lipinski definition) is 42. The van der Waals surface area contributed by atoms with Gasteiger partial charge >= 0.3 is 5.97 Å². The number of carbonyl (C=O) groups is 5.